The van der Waals surface area contributed by atoms with Crippen LogP contribution in [0.1, 0.15) is 24.1 Å². The zero-order valence-electron chi connectivity index (χ0n) is 20.2. The number of nitrogens with zero attached hydrogens (tertiary/aromatic N) is 3. The number of carbonyl (C=O) groups excluding carboxylic acids is 1. The summed E-state index contributed by atoms with van der Waals surface area (Å²) in [7, 11) is 3.55. The molecule has 180 valence electrons. The lowest BCUT2D eigenvalue weighted by Crippen LogP contribution is -2.43. The predicted octanol–water partition coefficient (Wildman–Crippen LogP) is 3.47. The van der Waals surface area contributed by atoms with Gasteiger partial charge < -0.3 is 24.6 Å². The minimum Gasteiger partial charge on any atom is -0.495 e. The maximum absolute atomic E-state index is 13.2. The molecule has 0 aromatic heterocycles. The predicted molar refractivity (Wildman–Crippen MR) is 135 cm³/mol. The first-order valence-corrected chi connectivity index (χ1v) is 11.7. The van der Waals surface area contributed by atoms with E-state index in [1.54, 1.807) is 13.2 Å². The van der Waals surface area contributed by atoms with Gasteiger partial charge in [-0.05, 0) is 36.3 Å². The molecule has 2 aromatic carbocycles. The van der Waals surface area contributed by atoms with Crippen molar-refractivity contribution in [3.8, 4) is 5.75 Å². The third-order valence-electron chi connectivity index (χ3n) is 6.34. The number of likely N-dealkylation sites (N-methyl/N-ethyl adjacent to an activating group) is 1. The lowest BCUT2D eigenvalue weighted by molar-refractivity contribution is -0.127. The van der Waals surface area contributed by atoms with E-state index in [0.29, 0.717) is 6.67 Å². The van der Waals surface area contributed by atoms with Gasteiger partial charge in [0, 0.05) is 44.7 Å². The van der Waals surface area contributed by atoms with Crippen LogP contribution in [0.25, 0.3) is 6.08 Å². The van der Waals surface area contributed by atoms with Gasteiger partial charge in [-0.2, -0.15) is 0 Å². The molecule has 1 N–H and O–H groups in total. The second-order valence-corrected chi connectivity index (χ2v) is 8.67. The maximum Gasteiger partial charge on any atom is 0.246 e. The lowest BCUT2D eigenvalue weighted by Gasteiger charge is -2.35. The number of carbonyl (C=O) groups is 1. The fourth-order valence-electron chi connectivity index (χ4n) is 4.32. The number of rotatable bonds is 8. The molecule has 1 amide bonds. The Balaban J connectivity index is 1.48. The molecule has 0 bridgehead atoms. The average molecular weight is 463 g/mol. The molecule has 0 radical (unpaired) electrons. The number of methoxy groups -OCH3 is 1. The molecule has 2 aliphatic heterocycles. The Hall–Kier alpha value is -3.29. The molecule has 34 heavy (non-hydrogen) atoms. The van der Waals surface area contributed by atoms with E-state index >= 15 is 0 Å². The molecule has 0 aliphatic carbocycles. The summed E-state index contributed by atoms with van der Waals surface area (Å²) in [5, 5.41) is 3.30. The highest BCUT2D eigenvalue weighted by Gasteiger charge is 2.24. The standard InChI is InChI=1S/C27H34N4O3/c1-21-18-31(20-28-21)24-11-9-22(17-26(24)33-3)10-12-27(32)29(2)25(23-7-5-4-6-8-23)19-30-13-15-34-16-14-30/h4-12,17-18,25,28H,13-16,19-20H2,1-3H3/b12-10+. The molecule has 2 aromatic rings. The molecular formula is C27H34N4O3. The van der Waals surface area contributed by atoms with E-state index in [9.17, 15) is 4.79 Å². The normalized spacial score (nSPS) is 17.4. The topological polar surface area (TPSA) is 57.3 Å². The second-order valence-electron chi connectivity index (χ2n) is 8.67. The van der Waals surface area contributed by atoms with Crippen LogP contribution in [0.4, 0.5) is 5.69 Å². The zero-order valence-corrected chi connectivity index (χ0v) is 20.2. The Morgan fingerprint density at radius 3 is 2.65 bits per heavy atom. The van der Waals surface area contributed by atoms with Crippen molar-refractivity contribution in [2.45, 2.75) is 13.0 Å². The largest absolute Gasteiger partial charge is 0.495 e. The van der Waals surface area contributed by atoms with Crippen LogP contribution in [0.3, 0.4) is 0 Å². The number of hydrogen-bond donors (Lipinski definition) is 1. The van der Waals surface area contributed by atoms with Crippen LogP contribution < -0.4 is 15.0 Å². The molecule has 0 spiro atoms. The van der Waals surface area contributed by atoms with Crippen LogP contribution in [0.15, 0.2) is 66.5 Å². The molecule has 1 saturated heterocycles. The fourth-order valence-corrected chi connectivity index (χ4v) is 4.32. The number of benzene rings is 2. The number of nitrogens with one attached hydrogen (secondary N) is 1. The van der Waals surface area contributed by atoms with Gasteiger partial charge in [-0.25, -0.2) is 0 Å². The van der Waals surface area contributed by atoms with Crippen molar-refractivity contribution in [1.82, 2.24) is 15.1 Å². The van der Waals surface area contributed by atoms with Crippen LogP contribution in [0.2, 0.25) is 0 Å². The quantitative estimate of drug-likeness (QED) is 0.607. The number of anilines is 1. The summed E-state index contributed by atoms with van der Waals surface area (Å²) in [6.45, 7) is 6.77. The van der Waals surface area contributed by atoms with Gasteiger partial charge in [0.15, 0.2) is 0 Å². The van der Waals surface area contributed by atoms with Gasteiger partial charge in [0.2, 0.25) is 5.91 Å². The van der Waals surface area contributed by atoms with E-state index in [-0.39, 0.29) is 11.9 Å². The Morgan fingerprint density at radius 1 is 1.21 bits per heavy atom. The molecule has 1 atom stereocenters. The molecular weight excluding hydrogens is 428 g/mol. The van der Waals surface area contributed by atoms with Gasteiger partial charge in [-0.15, -0.1) is 0 Å². The first-order valence-electron chi connectivity index (χ1n) is 11.7. The maximum atomic E-state index is 13.2. The minimum atomic E-state index is -0.0361. The molecule has 2 heterocycles. The monoisotopic (exact) mass is 462 g/mol. The first kappa shape index (κ1) is 23.9. The van der Waals surface area contributed by atoms with Crippen molar-refractivity contribution in [3.05, 3.63) is 77.6 Å². The number of ether oxygens (including phenoxy) is 2. The zero-order chi connectivity index (χ0) is 23.9. The Labute approximate surface area is 202 Å². The Bertz CT molecular complexity index is 1030. The number of hydrogen-bond acceptors (Lipinski definition) is 6. The number of morpholine rings is 1. The minimum absolute atomic E-state index is 0.0348. The summed E-state index contributed by atoms with van der Waals surface area (Å²) in [5.41, 5.74) is 4.15. The van der Waals surface area contributed by atoms with Gasteiger partial charge >= 0.3 is 0 Å². The van der Waals surface area contributed by atoms with Crippen molar-refractivity contribution < 1.29 is 14.3 Å². The third kappa shape index (κ3) is 5.79. The molecule has 1 fully saturated rings. The highest BCUT2D eigenvalue weighted by atomic mass is 16.5. The van der Waals surface area contributed by atoms with Crippen LogP contribution >= 0.6 is 0 Å². The van der Waals surface area contributed by atoms with Crippen molar-refractivity contribution in [3.63, 3.8) is 0 Å². The summed E-state index contributed by atoms with van der Waals surface area (Å²) in [4.78, 5) is 19.5. The van der Waals surface area contributed by atoms with Crippen molar-refractivity contribution in [1.29, 1.82) is 0 Å². The van der Waals surface area contributed by atoms with Gasteiger partial charge in [0.1, 0.15) is 5.75 Å². The van der Waals surface area contributed by atoms with Crippen LogP contribution in [0, 0.1) is 0 Å². The first-order chi connectivity index (χ1) is 16.5. The molecule has 2 aliphatic rings. The molecule has 1 unspecified atom stereocenters. The fraction of sp³-hybridized carbons (Fsp3) is 0.370. The summed E-state index contributed by atoms with van der Waals surface area (Å²) >= 11 is 0. The molecule has 7 nitrogen and oxygen atoms in total. The van der Waals surface area contributed by atoms with Crippen LogP contribution in [0.5, 0.6) is 5.75 Å². The Kier molecular flexibility index (Phi) is 7.87. The van der Waals surface area contributed by atoms with E-state index in [1.165, 1.54) is 0 Å². The number of allylic oxidation sites excluding steroid dienone is 1. The highest BCUT2D eigenvalue weighted by Crippen LogP contribution is 2.31. The smallest absolute Gasteiger partial charge is 0.246 e. The lowest BCUT2D eigenvalue weighted by atomic mass is 10.0. The van der Waals surface area contributed by atoms with E-state index in [1.807, 2.05) is 61.3 Å². The van der Waals surface area contributed by atoms with Crippen LogP contribution in [-0.2, 0) is 9.53 Å². The van der Waals surface area contributed by atoms with Crippen molar-refractivity contribution in [2.24, 2.45) is 0 Å². The molecule has 7 heteroatoms. The van der Waals surface area contributed by atoms with E-state index in [2.05, 4.69) is 33.4 Å². The summed E-state index contributed by atoms with van der Waals surface area (Å²) in [5.74, 6) is 0.734. The van der Waals surface area contributed by atoms with E-state index in [0.717, 1.165) is 61.1 Å². The summed E-state index contributed by atoms with van der Waals surface area (Å²) in [6, 6.07) is 16.2. The van der Waals surface area contributed by atoms with E-state index in [4.69, 9.17) is 9.47 Å². The summed E-state index contributed by atoms with van der Waals surface area (Å²) in [6.07, 6.45) is 5.56. The van der Waals surface area contributed by atoms with E-state index < -0.39 is 0 Å². The molecule has 4 rings (SSSR count). The highest BCUT2D eigenvalue weighted by molar-refractivity contribution is 5.92. The van der Waals surface area contributed by atoms with Crippen molar-refractivity contribution in [2.75, 3.05) is 58.6 Å². The van der Waals surface area contributed by atoms with Gasteiger partial charge in [0.05, 0.1) is 38.7 Å². The second kappa shape index (κ2) is 11.2. The third-order valence-corrected chi connectivity index (χ3v) is 6.34. The SMILES string of the molecule is COc1cc(/C=C/C(=O)N(C)C(CN2CCOCC2)c2ccccc2)ccc1N1C=C(C)NC1. The van der Waals surface area contributed by atoms with Crippen molar-refractivity contribution >= 4 is 17.7 Å². The average Bonchev–Trinajstić information content (AvgIpc) is 3.32. The van der Waals surface area contributed by atoms with Gasteiger partial charge in [-0.1, -0.05) is 36.4 Å². The van der Waals surface area contributed by atoms with Gasteiger partial charge in [-0.3, -0.25) is 9.69 Å². The van der Waals surface area contributed by atoms with Crippen LogP contribution in [-0.4, -0.2) is 69.4 Å². The van der Waals surface area contributed by atoms with Gasteiger partial charge in [0.25, 0.3) is 0 Å². The Morgan fingerprint density at radius 2 is 1.97 bits per heavy atom. The summed E-state index contributed by atoms with van der Waals surface area (Å²) < 4.78 is 11.1. The number of amides is 1. The molecule has 0 saturated carbocycles.